The van der Waals surface area contributed by atoms with Crippen LogP contribution in [-0.2, 0) is 0 Å². The number of hydrogen-bond donors (Lipinski definition) is 1. The molecule has 10 heteroatoms. The molecule has 0 spiro atoms. The minimum absolute atomic E-state index is 0.130. The summed E-state index contributed by atoms with van der Waals surface area (Å²) in [6.07, 6.45) is 2.33. The fraction of sp³-hybridized carbons (Fsp3) is 0.667. The molecule has 2 aromatic rings. The zero-order chi connectivity index (χ0) is 22.6. The predicted molar refractivity (Wildman–Crippen MR) is 111 cm³/mol. The quantitative estimate of drug-likeness (QED) is 0.659. The molecule has 1 aliphatic carbocycles. The summed E-state index contributed by atoms with van der Waals surface area (Å²) in [6, 6.07) is -0.134. The number of alkyl halides is 2. The molecule has 6 nitrogen and oxygen atoms in total. The van der Waals surface area contributed by atoms with E-state index < -0.39 is 29.8 Å². The second-order valence-corrected chi connectivity index (χ2v) is 10.1. The molecular formula is C21H26ClF3N4O2. The summed E-state index contributed by atoms with van der Waals surface area (Å²) < 4.78 is 48.6. The van der Waals surface area contributed by atoms with E-state index in [0.717, 1.165) is 12.8 Å². The molecule has 0 bridgehead atoms. The molecule has 2 aromatic heterocycles. The number of halogens is 4. The molecule has 1 aliphatic heterocycles. The first-order chi connectivity index (χ1) is 14.4. The van der Waals surface area contributed by atoms with E-state index in [1.807, 2.05) is 20.8 Å². The van der Waals surface area contributed by atoms with E-state index in [9.17, 15) is 18.3 Å². The summed E-state index contributed by atoms with van der Waals surface area (Å²) in [6.45, 7) is 5.80. The van der Waals surface area contributed by atoms with Gasteiger partial charge in [-0.05, 0) is 24.7 Å². The van der Waals surface area contributed by atoms with E-state index in [1.54, 1.807) is 0 Å². The minimum atomic E-state index is -2.87. The van der Waals surface area contributed by atoms with Crippen LogP contribution in [-0.4, -0.2) is 51.8 Å². The summed E-state index contributed by atoms with van der Waals surface area (Å²) in [4.78, 5) is 13.7. The molecule has 1 saturated carbocycles. The molecule has 0 radical (unpaired) electrons. The van der Waals surface area contributed by atoms with Crippen molar-refractivity contribution < 1.29 is 23.0 Å². The van der Waals surface area contributed by atoms with Gasteiger partial charge in [0.05, 0.1) is 24.6 Å². The Morgan fingerprint density at radius 3 is 2.58 bits per heavy atom. The lowest BCUT2D eigenvalue weighted by molar-refractivity contribution is -0.0206. The number of pyridine rings is 1. The number of piperidine rings is 1. The number of rotatable bonds is 5. The van der Waals surface area contributed by atoms with Crippen LogP contribution < -0.4 is 9.64 Å². The largest absolute Gasteiger partial charge is 0.463 e. The lowest BCUT2D eigenvalue weighted by atomic mass is 9.79. The van der Waals surface area contributed by atoms with Crippen LogP contribution in [0, 0.1) is 16.6 Å². The molecule has 1 N–H and O–H groups in total. The average Bonchev–Trinajstić information content (AvgIpc) is 3.48. The fourth-order valence-corrected chi connectivity index (χ4v) is 4.37. The van der Waals surface area contributed by atoms with Crippen LogP contribution in [0.2, 0.25) is 5.15 Å². The summed E-state index contributed by atoms with van der Waals surface area (Å²) in [5.74, 6) is -3.58. The molecule has 3 heterocycles. The first-order valence-corrected chi connectivity index (χ1v) is 10.8. The van der Waals surface area contributed by atoms with E-state index in [1.165, 1.54) is 11.1 Å². The third-order valence-corrected chi connectivity index (χ3v) is 6.34. The van der Waals surface area contributed by atoms with Crippen LogP contribution in [0.4, 0.5) is 19.0 Å². The van der Waals surface area contributed by atoms with Crippen molar-refractivity contribution in [3.63, 3.8) is 0 Å². The van der Waals surface area contributed by atoms with Crippen LogP contribution in [0.5, 0.6) is 6.01 Å². The maximum absolute atomic E-state index is 14.7. The first-order valence-electron chi connectivity index (χ1n) is 10.4. The van der Waals surface area contributed by atoms with Crippen molar-refractivity contribution in [2.24, 2.45) is 10.8 Å². The Morgan fingerprint density at radius 1 is 1.26 bits per heavy atom. The summed E-state index contributed by atoms with van der Waals surface area (Å²) in [7, 11) is 0. The highest BCUT2D eigenvalue weighted by atomic mass is 35.5. The SMILES string of the molecule is CC(C)(C)C(O)C1(COc2nc(N3CCCC(F)(F)C3)c3cnc(Cl)c(F)c3n2)CC1. The zero-order valence-electron chi connectivity index (χ0n) is 17.8. The Morgan fingerprint density at radius 2 is 1.97 bits per heavy atom. The molecule has 1 saturated heterocycles. The number of aromatic nitrogens is 3. The van der Waals surface area contributed by atoms with Gasteiger partial charge in [-0.2, -0.15) is 9.97 Å². The summed E-state index contributed by atoms with van der Waals surface area (Å²) in [5.41, 5.74) is -0.890. The molecule has 4 rings (SSSR count). The van der Waals surface area contributed by atoms with E-state index in [4.69, 9.17) is 16.3 Å². The van der Waals surface area contributed by atoms with Gasteiger partial charge >= 0.3 is 6.01 Å². The number of hydrogen-bond acceptors (Lipinski definition) is 6. The Balaban J connectivity index is 1.69. The van der Waals surface area contributed by atoms with Gasteiger partial charge in [-0.15, -0.1) is 0 Å². The van der Waals surface area contributed by atoms with Gasteiger partial charge in [0.1, 0.15) is 11.3 Å². The average molecular weight is 459 g/mol. The molecule has 1 unspecified atom stereocenters. The van der Waals surface area contributed by atoms with Gasteiger partial charge in [0.15, 0.2) is 11.0 Å². The van der Waals surface area contributed by atoms with E-state index in [2.05, 4.69) is 15.0 Å². The van der Waals surface area contributed by atoms with Crippen LogP contribution >= 0.6 is 11.6 Å². The van der Waals surface area contributed by atoms with Crippen molar-refractivity contribution in [1.29, 1.82) is 0 Å². The van der Waals surface area contributed by atoms with Crippen LogP contribution in [0.1, 0.15) is 46.5 Å². The highest BCUT2D eigenvalue weighted by Gasteiger charge is 2.53. The highest BCUT2D eigenvalue weighted by Crippen LogP contribution is 2.53. The standard InChI is InChI=1S/C21H26ClF3N4O2/c1-19(2,3)17(30)20(6-7-20)11-31-18-27-14-12(9-26-15(22)13(14)23)16(28-18)29-8-4-5-21(24,25)10-29/h9,17,30H,4-8,10-11H2,1-3H3. The van der Waals surface area contributed by atoms with Gasteiger partial charge in [0.25, 0.3) is 5.92 Å². The van der Waals surface area contributed by atoms with Crippen molar-refractivity contribution in [3.8, 4) is 6.01 Å². The molecule has 0 aromatic carbocycles. The van der Waals surface area contributed by atoms with Gasteiger partial charge in [0.2, 0.25) is 0 Å². The maximum Gasteiger partial charge on any atom is 0.319 e. The number of aliphatic hydroxyl groups excluding tert-OH is 1. The minimum Gasteiger partial charge on any atom is -0.463 e. The predicted octanol–water partition coefficient (Wildman–Crippen LogP) is 4.62. The smallest absolute Gasteiger partial charge is 0.319 e. The summed E-state index contributed by atoms with van der Waals surface area (Å²) in [5, 5.41) is 10.6. The monoisotopic (exact) mass is 458 g/mol. The highest BCUT2D eigenvalue weighted by molar-refractivity contribution is 6.30. The lowest BCUT2D eigenvalue weighted by Gasteiger charge is -2.34. The second-order valence-electron chi connectivity index (χ2n) is 9.76. The molecule has 31 heavy (non-hydrogen) atoms. The molecular weight excluding hydrogens is 433 g/mol. The third-order valence-electron chi connectivity index (χ3n) is 6.07. The van der Waals surface area contributed by atoms with E-state index in [0.29, 0.717) is 6.54 Å². The van der Waals surface area contributed by atoms with Gasteiger partial charge in [-0.25, -0.2) is 18.2 Å². The van der Waals surface area contributed by atoms with Crippen molar-refractivity contribution in [2.45, 2.75) is 58.5 Å². The summed E-state index contributed by atoms with van der Waals surface area (Å²) >= 11 is 5.82. The Hall–Kier alpha value is -1.87. The van der Waals surface area contributed by atoms with Crippen LogP contribution in [0.25, 0.3) is 10.9 Å². The lowest BCUT2D eigenvalue weighted by Crippen LogP contribution is -2.43. The van der Waals surface area contributed by atoms with E-state index >= 15 is 0 Å². The number of nitrogens with zero attached hydrogens (tertiary/aromatic N) is 4. The van der Waals surface area contributed by atoms with Crippen LogP contribution in [0.15, 0.2) is 6.20 Å². The number of fused-ring (bicyclic) bond motifs is 1. The van der Waals surface area contributed by atoms with Gasteiger partial charge < -0.3 is 14.7 Å². The van der Waals surface area contributed by atoms with E-state index in [-0.39, 0.29) is 52.7 Å². The third kappa shape index (κ3) is 4.39. The topological polar surface area (TPSA) is 71.4 Å². The molecule has 0 amide bonds. The normalized spacial score (nSPS) is 21.2. The van der Waals surface area contributed by atoms with Gasteiger partial charge in [-0.3, -0.25) is 0 Å². The molecule has 2 aliphatic rings. The maximum atomic E-state index is 14.7. The number of anilines is 1. The van der Waals surface area contributed by atoms with Crippen molar-refractivity contribution in [2.75, 3.05) is 24.6 Å². The Labute approximate surface area is 183 Å². The first kappa shape index (κ1) is 22.3. The molecule has 1 atom stereocenters. The van der Waals surface area contributed by atoms with Crippen molar-refractivity contribution in [1.82, 2.24) is 15.0 Å². The van der Waals surface area contributed by atoms with Crippen molar-refractivity contribution in [3.05, 3.63) is 17.2 Å². The van der Waals surface area contributed by atoms with Crippen molar-refractivity contribution >= 4 is 28.3 Å². The molecule has 170 valence electrons. The number of aliphatic hydroxyl groups is 1. The fourth-order valence-electron chi connectivity index (χ4n) is 4.24. The number of ether oxygens (including phenoxy) is 1. The second kappa shape index (κ2) is 7.62. The Bertz CT molecular complexity index is 995. The molecule has 2 fully saturated rings. The van der Waals surface area contributed by atoms with Gasteiger partial charge in [-0.1, -0.05) is 32.4 Å². The van der Waals surface area contributed by atoms with Crippen LogP contribution in [0.3, 0.4) is 0 Å². The zero-order valence-corrected chi connectivity index (χ0v) is 18.5. The Kier molecular flexibility index (Phi) is 5.49. The van der Waals surface area contributed by atoms with Gasteiger partial charge in [0, 0.05) is 24.6 Å².